The molecule has 0 atom stereocenters. The van der Waals surface area contributed by atoms with Crippen LogP contribution >= 0.6 is 23.1 Å². The van der Waals surface area contributed by atoms with Crippen molar-refractivity contribution in [2.45, 2.75) is 10.4 Å². The second-order valence-corrected chi connectivity index (χ2v) is 9.46. The van der Waals surface area contributed by atoms with Crippen LogP contribution in [0.5, 0.6) is 0 Å². The minimum Gasteiger partial charge on any atom is -0.316 e. The summed E-state index contributed by atoms with van der Waals surface area (Å²) in [6.45, 7) is 0.950. The van der Waals surface area contributed by atoms with Gasteiger partial charge in [0, 0.05) is 17.2 Å². The van der Waals surface area contributed by atoms with Gasteiger partial charge in [0.15, 0.2) is 0 Å². The monoisotopic (exact) mass is 467 g/mol. The molecular weight excluding hydrogens is 447 g/mol. The summed E-state index contributed by atoms with van der Waals surface area (Å²) < 4.78 is 39.1. The van der Waals surface area contributed by atoms with E-state index < -0.39 is 22.9 Å². The summed E-state index contributed by atoms with van der Waals surface area (Å²) in [6.07, 6.45) is -1.51. The van der Waals surface area contributed by atoms with E-state index in [1.165, 1.54) is 29.5 Å². The Kier molecular flexibility index (Phi) is 7.24. The maximum absolute atomic E-state index is 12.7. The number of halogens is 3. The lowest BCUT2D eigenvalue weighted by Crippen LogP contribution is -2.46. The van der Waals surface area contributed by atoms with E-state index in [0.717, 1.165) is 33.5 Å². The zero-order valence-electron chi connectivity index (χ0n) is 16.7. The molecule has 1 aromatic carbocycles. The smallest absolute Gasteiger partial charge is 0.316 e. The first-order valence-electron chi connectivity index (χ1n) is 9.22. The van der Waals surface area contributed by atoms with Crippen LogP contribution in [0.3, 0.4) is 0 Å². The molecule has 0 aliphatic carbocycles. The Bertz CT molecular complexity index is 1270. The zero-order chi connectivity index (χ0) is 22.6. The molecule has 5 nitrogen and oxygen atoms in total. The quantitative estimate of drug-likeness (QED) is 0.547. The number of benzene rings is 1. The first-order chi connectivity index (χ1) is 14.6. The van der Waals surface area contributed by atoms with Crippen molar-refractivity contribution in [3.63, 3.8) is 0 Å². The lowest BCUT2D eigenvalue weighted by molar-refractivity contribution is -0.137. The predicted octanol–water partition coefficient (Wildman–Crippen LogP) is 2.45. The number of aromatic amines is 2. The zero-order valence-corrected chi connectivity index (χ0v) is 18.4. The van der Waals surface area contributed by atoms with E-state index in [0.29, 0.717) is 5.56 Å². The highest BCUT2D eigenvalue weighted by atomic mass is 32.2. The maximum Gasteiger partial charge on any atom is 0.416 e. The van der Waals surface area contributed by atoms with Crippen molar-refractivity contribution in [2.75, 3.05) is 26.4 Å². The molecule has 0 radical (unpaired) electrons. The molecule has 2 N–H and O–H groups in total. The van der Waals surface area contributed by atoms with Gasteiger partial charge in [-0.15, -0.1) is 23.1 Å². The molecular formula is C21H20F3N3O2S2. The van der Waals surface area contributed by atoms with Crippen molar-refractivity contribution >= 4 is 35.3 Å². The SMILES string of the molecule is CN(C)CCSc1ccc(C=c2[nH]c(=O)c(=Cc3ccc(C(F)(F)F)cc3)[nH]c2=O)s1. The molecule has 3 rings (SSSR count). The van der Waals surface area contributed by atoms with E-state index in [1.54, 1.807) is 17.8 Å². The lowest BCUT2D eigenvalue weighted by Gasteiger charge is -2.07. The normalized spacial score (nSPS) is 13.4. The van der Waals surface area contributed by atoms with Crippen molar-refractivity contribution < 1.29 is 13.2 Å². The minimum absolute atomic E-state index is 0.0342. The van der Waals surface area contributed by atoms with Gasteiger partial charge in [0.2, 0.25) is 0 Å². The molecule has 10 heteroatoms. The van der Waals surface area contributed by atoms with E-state index in [9.17, 15) is 22.8 Å². The molecule has 0 fully saturated rings. The van der Waals surface area contributed by atoms with Gasteiger partial charge in [-0.05, 0) is 56.1 Å². The molecule has 0 spiro atoms. The molecule has 0 saturated heterocycles. The van der Waals surface area contributed by atoms with Crippen LogP contribution in [0.2, 0.25) is 0 Å². The number of rotatable bonds is 6. The number of hydrogen-bond acceptors (Lipinski definition) is 5. The van der Waals surface area contributed by atoms with E-state index in [1.807, 2.05) is 26.2 Å². The number of H-pyrrole nitrogens is 2. The molecule has 0 aliphatic heterocycles. The fraction of sp³-hybridized carbons (Fsp3) is 0.238. The summed E-state index contributed by atoms with van der Waals surface area (Å²) in [7, 11) is 4.02. The van der Waals surface area contributed by atoms with Gasteiger partial charge in [-0.25, -0.2) is 0 Å². The van der Waals surface area contributed by atoms with Crippen molar-refractivity contribution in [1.29, 1.82) is 0 Å². The summed E-state index contributed by atoms with van der Waals surface area (Å²) in [5, 5.41) is 0.0780. The summed E-state index contributed by atoms with van der Waals surface area (Å²) >= 11 is 3.24. The van der Waals surface area contributed by atoms with Crippen molar-refractivity contribution in [1.82, 2.24) is 14.9 Å². The number of thioether (sulfide) groups is 1. The molecule has 164 valence electrons. The first-order valence-corrected chi connectivity index (χ1v) is 11.0. The number of nitrogens with zero attached hydrogens (tertiary/aromatic N) is 1. The third kappa shape index (κ3) is 6.46. The van der Waals surface area contributed by atoms with Crippen molar-refractivity contribution in [3.05, 3.63) is 83.8 Å². The largest absolute Gasteiger partial charge is 0.416 e. The number of alkyl halides is 3. The number of hydrogen-bond donors (Lipinski definition) is 2. The topological polar surface area (TPSA) is 69.0 Å². The molecule has 0 saturated carbocycles. The first kappa shape index (κ1) is 23.1. The van der Waals surface area contributed by atoms with Crippen molar-refractivity contribution in [3.8, 4) is 0 Å². The van der Waals surface area contributed by atoms with Gasteiger partial charge in [-0.1, -0.05) is 12.1 Å². The van der Waals surface area contributed by atoms with Crippen molar-refractivity contribution in [2.24, 2.45) is 0 Å². The van der Waals surface area contributed by atoms with Gasteiger partial charge in [0.1, 0.15) is 10.7 Å². The summed E-state index contributed by atoms with van der Waals surface area (Å²) in [5.74, 6) is 0.943. The van der Waals surface area contributed by atoms with Crippen LogP contribution in [0.25, 0.3) is 12.2 Å². The second-order valence-electron chi connectivity index (χ2n) is 6.95. The third-order valence-electron chi connectivity index (χ3n) is 4.21. The highest BCUT2D eigenvalue weighted by Gasteiger charge is 2.29. The Morgan fingerprint density at radius 1 is 0.968 bits per heavy atom. The Morgan fingerprint density at radius 2 is 1.58 bits per heavy atom. The number of nitrogens with one attached hydrogen (secondary N) is 2. The van der Waals surface area contributed by atoms with E-state index >= 15 is 0 Å². The lowest BCUT2D eigenvalue weighted by atomic mass is 10.1. The summed E-state index contributed by atoms with van der Waals surface area (Å²) in [5.41, 5.74) is -1.45. The fourth-order valence-electron chi connectivity index (χ4n) is 2.59. The van der Waals surface area contributed by atoms with Crippen LogP contribution in [-0.2, 0) is 6.18 Å². The Morgan fingerprint density at radius 3 is 2.16 bits per heavy atom. The third-order valence-corrected chi connectivity index (χ3v) is 6.44. The molecule has 3 aromatic rings. The highest BCUT2D eigenvalue weighted by molar-refractivity contribution is 8.01. The van der Waals surface area contributed by atoms with E-state index in [4.69, 9.17) is 0 Å². The number of aromatic nitrogens is 2. The molecule has 31 heavy (non-hydrogen) atoms. The van der Waals surface area contributed by atoms with Gasteiger partial charge in [-0.2, -0.15) is 13.2 Å². The molecule has 0 unspecified atom stereocenters. The molecule has 2 heterocycles. The Balaban J connectivity index is 1.85. The van der Waals surface area contributed by atoms with Gasteiger partial charge in [0.25, 0.3) is 11.1 Å². The van der Waals surface area contributed by atoms with Gasteiger partial charge in [-0.3, -0.25) is 9.59 Å². The molecule has 0 aliphatic rings. The standard InChI is InChI=1S/C21H20F3N3O2S2/c1-27(2)9-10-30-18-8-7-15(31-18)12-17-20(29)25-16(19(28)26-17)11-13-3-5-14(6-4-13)21(22,23)24/h3-8,11-12H,9-10H2,1-2H3,(H,25,29)(H,26,28). The van der Waals surface area contributed by atoms with Gasteiger partial charge in [0.05, 0.1) is 9.77 Å². The van der Waals surface area contributed by atoms with E-state index in [-0.39, 0.29) is 10.7 Å². The van der Waals surface area contributed by atoms with Crippen LogP contribution in [0.1, 0.15) is 16.0 Å². The van der Waals surface area contributed by atoms with Gasteiger partial charge >= 0.3 is 6.18 Å². The minimum atomic E-state index is -4.44. The Hall–Kier alpha value is -2.56. The summed E-state index contributed by atoms with van der Waals surface area (Å²) in [6, 6.07) is 8.17. The molecule has 2 aromatic heterocycles. The average molecular weight is 468 g/mol. The summed E-state index contributed by atoms with van der Waals surface area (Å²) in [4.78, 5) is 32.7. The van der Waals surface area contributed by atoms with Crippen LogP contribution in [0.15, 0.2) is 50.2 Å². The van der Waals surface area contributed by atoms with Crippen LogP contribution in [-0.4, -0.2) is 41.3 Å². The Labute approximate surface area is 184 Å². The van der Waals surface area contributed by atoms with Crippen LogP contribution < -0.4 is 21.8 Å². The maximum atomic E-state index is 12.7. The van der Waals surface area contributed by atoms with Crippen LogP contribution in [0.4, 0.5) is 13.2 Å². The average Bonchev–Trinajstić information content (AvgIpc) is 3.12. The predicted molar refractivity (Wildman–Crippen MR) is 119 cm³/mol. The second kappa shape index (κ2) is 9.71. The highest BCUT2D eigenvalue weighted by Crippen LogP contribution is 2.29. The van der Waals surface area contributed by atoms with Gasteiger partial charge < -0.3 is 14.9 Å². The molecule has 0 amide bonds. The number of thiophene rings is 1. The van der Waals surface area contributed by atoms with E-state index in [2.05, 4.69) is 14.9 Å². The van der Waals surface area contributed by atoms with Crippen LogP contribution in [0, 0.1) is 0 Å². The molecule has 0 bridgehead atoms. The fourth-order valence-corrected chi connectivity index (χ4v) is 4.87.